The van der Waals surface area contributed by atoms with Crippen molar-refractivity contribution in [2.24, 2.45) is 0 Å². The Labute approximate surface area is 184 Å². The summed E-state index contributed by atoms with van der Waals surface area (Å²) < 4.78 is 1.23. The molecule has 0 radical (unpaired) electrons. The Kier molecular flexibility index (Phi) is 6.69. The molecule has 2 heterocycles. The molecule has 1 saturated heterocycles. The van der Waals surface area contributed by atoms with E-state index in [-0.39, 0.29) is 17.6 Å². The summed E-state index contributed by atoms with van der Waals surface area (Å²) in [6.45, 7) is 3.51. The molecule has 0 saturated carbocycles. The van der Waals surface area contributed by atoms with E-state index >= 15 is 0 Å². The molecule has 1 aliphatic rings. The number of anilines is 1. The number of aryl methyl sites for hydroxylation is 1. The summed E-state index contributed by atoms with van der Waals surface area (Å²) in [7, 11) is 0. The number of thiazole rings is 1. The van der Waals surface area contributed by atoms with Crippen LogP contribution < -0.4 is 5.32 Å². The zero-order valence-corrected chi connectivity index (χ0v) is 18.6. The van der Waals surface area contributed by atoms with Crippen LogP contribution in [0.25, 0.3) is 10.2 Å². The van der Waals surface area contributed by atoms with Crippen molar-refractivity contribution in [3.8, 4) is 0 Å². The largest absolute Gasteiger partial charge is 0.342 e. The maximum absolute atomic E-state index is 12.5. The second-order valence-corrected chi connectivity index (χ2v) is 9.63. The fourth-order valence-electron chi connectivity index (χ4n) is 3.68. The first kappa shape index (κ1) is 20.9. The minimum atomic E-state index is -0.0760. The molecule has 1 aromatic heterocycles. The molecular weight excluding hydrogens is 414 g/mol. The van der Waals surface area contributed by atoms with Crippen molar-refractivity contribution in [3.63, 3.8) is 0 Å². The second kappa shape index (κ2) is 9.62. The number of likely N-dealkylation sites (tertiary alicyclic amines) is 1. The van der Waals surface area contributed by atoms with Crippen molar-refractivity contribution in [3.05, 3.63) is 59.1 Å². The number of fused-ring (bicyclic) bond motifs is 1. The number of hydrogen-bond acceptors (Lipinski definition) is 5. The molecule has 1 aliphatic heterocycles. The molecule has 0 spiro atoms. The van der Waals surface area contributed by atoms with Crippen LogP contribution in [0, 0.1) is 6.92 Å². The highest BCUT2D eigenvalue weighted by Crippen LogP contribution is 2.33. The highest BCUT2D eigenvalue weighted by molar-refractivity contribution is 8.00. The van der Waals surface area contributed by atoms with Gasteiger partial charge >= 0.3 is 0 Å². The molecule has 1 fully saturated rings. The lowest BCUT2D eigenvalue weighted by molar-refractivity contribution is -0.129. The normalized spacial score (nSPS) is 14.8. The van der Waals surface area contributed by atoms with Crippen LogP contribution in [0.3, 0.4) is 0 Å². The van der Waals surface area contributed by atoms with Gasteiger partial charge in [-0.05, 0) is 49.6 Å². The number of hydrogen-bond donors (Lipinski definition) is 1. The van der Waals surface area contributed by atoms with Crippen LogP contribution in [0.1, 0.15) is 29.3 Å². The van der Waals surface area contributed by atoms with Gasteiger partial charge in [0, 0.05) is 24.7 Å². The SMILES string of the molecule is Cc1cccc(NC(=O)CSCC(=O)N2CCC(c3nc4ccccc4s3)CC2)c1. The first-order valence-electron chi connectivity index (χ1n) is 10.2. The lowest BCUT2D eigenvalue weighted by Gasteiger charge is -2.31. The van der Waals surface area contributed by atoms with Gasteiger partial charge in [-0.2, -0.15) is 0 Å². The van der Waals surface area contributed by atoms with Crippen LogP contribution in [0.15, 0.2) is 48.5 Å². The van der Waals surface area contributed by atoms with Crippen molar-refractivity contribution in [1.29, 1.82) is 0 Å². The average Bonchev–Trinajstić information content (AvgIpc) is 3.18. The third kappa shape index (κ3) is 5.21. The maximum Gasteiger partial charge on any atom is 0.234 e. The second-order valence-electron chi connectivity index (χ2n) is 7.59. The van der Waals surface area contributed by atoms with E-state index < -0.39 is 0 Å². The number of carbonyl (C=O) groups is 2. The highest BCUT2D eigenvalue weighted by atomic mass is 32.2. The lowest BCUT2D eigenvalue weighted by atomic mass is 9.97. The van der Waals surface area contributed by atoms with Crippen molar-refractivity contribution in [2.75, 3.05) is 29.9 Å². The van der Waals surface area contributed by atoms with Gasteiger partial charge in [0.05, 0.1) is 26.7 Å². The number of carbonyl (C=O) groups excluding carboxylic acids is 2. The molecule has 2 amide bonds. The summed E-state index contributed by atoms with van der Waals surface area (Å²) in [6.07, 6.45) is 1.90. The topological polar surface area (TPSA) is 62.3 Å². The third-order valence-electron chi connectivity index (χ3n) is 5.27. The number of benzene rings is 2. The van der Waals surface area contributed by atoms with E-state index in [0.717, 1.165) is 42.7 Å². The van der Waals surface area contributed by atoms with Crippen molar-refractivity contribution < 1.29 is 9.59 Å². The van der Waals surface area contributed by atoms with Crippen LogP contribution in [0.2, 0.25) is 0 Å². The van der Waals surface area contributed by atoms with E-state index in [0.29, 0.717) is 11.7 Å². The third-order valence-corrected chi connectivity index (χ3v) is 7.38. The monoisotopic (exact) mass is 439 g/mol. The first-order chi connectivity index (χ1) is 14.6. The van der Waals surface area contributed by atoms with Crippen molar-refractivity contribution >= 4 is 50.8 Å². The summed E-state index contributed by atoms with van der Waals surface area (Å²) in [5, 5.41) is 4.07. The lowest BCUT2D eigenvalue weighted by Crippen LogP contribution is -2.39. The summed E-state index contributed by atoms with van der Waals surface area (Å²) in [6, 6.07) is 15.9. The number of piperidine rings is 1. The number of rotatable bonds is 6. The number of aromatic nitrogens is 1. The highest BCUT2D eigenvalue weighted by Gasteiger charge is 2.25. The molecule has 0 bridgehead atoms. The minimum absolute atomic E-state index is 0.0760. The fourth-order valence-corrected chi connectivity index (χ4v) is 5.54. The maximum atomic E-state index is 12.5. The summed E-state index contributed by atoms with van der Waals surface area (Å²) in [5.41, 5.74) is 2.96. The van der Waals surface area contributed by atoms with E-state index in [4.69, 9.17) is 4.98 Å². The number of para-hydroxylation sites is 1. The Morgan fingerprint density at radius 1 is 1.13 bits per heavy atom. The molecule has 1 N–H and O–H groups in total. The predicted octanol–water partition coefficient (Wildman–Crippen LogP) is 4.68. The Morgan fingerprint density at radius 2 is 1.93 bits per heavy atom. The van der Waals surface area contributed by atoms with E-state index in [9.17, 15) is 9.59 Å². The molecule has 7 heteroatoms. The van der Waals surface area contributed by atoms with Crippen LogP contribution in [0.4, 0.5) is 5.69 Å². The molecule has 3 aromatic rings. The van der Waals surface area contributed by atoms with Crippen LogP contribution >= 0.6 is 23.1 Å². The molecule has 0 atom stereocenters. The van der Waals surface area contributed by atoms with Gasteiger partial charge in [-0.3, -0.25) is 9.59 Å². The molecule has 156 valence electrons. The van der Waals surface area contributed by atoms with Crippen molar-refractivity contribution in [2.45, 2.75) is 25.7 Å². The van der Waals surface area contributed by atoms with Gasteiger partial charge in [-0.15, -0.1) is 23.1 Å². The van der Waals surface area contributed by atoms with Crippen molar-refractivity contribution in [1.82, 2.24) is 9.88 Å². The predicted molar refractivity (Wildman–Crippen MR) is 125 cm³/mol. The zero-order chi connectivity index (χ0) is 20.9. The zero-order valence-electron chi connectivity index (χ0n) is 17.0. The van der Waals surface area contributed by atoms with Gasteiger partial charge in [0.25, 0.3) is 0 Å². The van der Waals surface area contributed by atoms with Gasteiger partial charge < -0.3 is 10.2 Å². The van der Waals surface area contributed by atoms with E-state index in [1.165, 1.54) is 21.5 Å². The Morgan fingerprint density at radius 3 is 2.70 bits per heavy atom. The van der Waals surface area contributed by atoms with Gasteiger partial charge in [-0.25, -0.2) is 4.98 Å². The summed E-state index contributed by atoms with van der Waals surface area (Å²) in [5.74, 6) is 1.09. The van der Waals surface area contributed by atoms with E-state index in [2.05, 4.69) is 17.4 Å². The molecule has 30 heavy (non-hydrogen) atoms. The van der Waals surface area contributed by atoms with Crippen LogP contribution in [0.5, 0.6) is 0 Å². The molecule has 0 unspecified atom stereocenters. The standard InChI is InChI=1S/C23H25N3O2S2/c1-16-5-4-6-18(13-16)24-21(27)14-29-15-22(28)26-11-9-17(10-12-26)23-25-19-7-2-3-8-20(19)30-23/h2-8,13,17H,9-12,14-15H2,1H3,(H,24,27). The molecule has 2 aromatic carbocycles. The molecule has 5 nitrogen and oxygen atoms in total. The fraction of sp³-hybridized carbons (Fsp3) is 0.348. The van der Waals surface area contributed by atoms with E-state index in [1.807, 2.05) is 48.2 Å². The number of nitrogens with zero attached hydrogens (tertiary/aromatic N) is 2. The minimum Gasteiger partial charge on any atom is -0.342 e. The van der Waals surface area contributed by atoms with Gasteiger partial charge in [0.15, 0.2) is 0 Å². The Hall–Kier alpha value is -2.38. The van der Waals surface area contributed by atoms with E-state index in [1.54, 1.807) is 11.3 Å². The summed E-state index contributed by atoms with van der Waals surface area (Å²) >= 11 is 3.14. The number of nitrogens with one attached hydrogen (secondary N) is 1. The quantitative estimate of drug-likeness (QED) is 0.606. The average molecular weight is 440 g/mol. The van der Waals surface area contributed by atoms with Crippen LogP contribution in [-0.4, -0.2) is 46.3 Å². The van der Waals surface area contributed by atoms with Gasteiger partial charge in [-0.1, -0.05) is 24.3 Å². The first-order valence-corrected chi connectivity index (χ1v) is 12.1. The molecular formula is C23H25N3O2S2. The smallest absolute Gasteiger partial charge is 0.234 e. The molecule has 4 rings (SSSR count). The number of thioether (sulfide) groups is 1. The summed E-state index contributed by atoms with van der Waals surface area (Å²) in [4.78, 5) is 31.3. The Balaban J connectivity index is 1.20. The van der Waals surface area contributed by atoms with Gasteiger partial charge in [0.1, 0.15) is 0 Å². The number of amides is 2. The molecule has 0 aliphatic carbocycles. The van der Waals surface area contributed by atoms with Crippen LogP contribution in [-0.2, 0) is 9.59 Å². The Bertz CT molecular complexity index is 1010. The van der Waals surface area contributed by atoms with Gasteiger partial charge in [0.2, 0.25) is 11.8 Å².